The van der Waals surface area contributed by atoms with Gasteiger partial charge in [0.2, 0.25) is 5.91 Å². The van der Waals surface area contributed by atoms with Gasteiger partial charge in [-0.2, -0.15) is 0 Å². The summed E-state index contributed by atoms with van der Waals surface area (Å²) in [5.74, 6) is -0.0312. The summed E-state index contributed by atoms with van der Waals surface area (Å²) < 4.78 is 0. The molecule has 0 fully saturated rings. The molecule has 0 spiro atoms. The highest BCUT2D eigenvalue weighted by Gasteiger charge is 2.13. The van der Waals surface area contributed by atoms with Crippen molar-refractivity contribution in [2.75, 3.05) is 18.9 Å². The van der Waals surface area contributed by atoms with E-state index in [2.05, 4.69) is 31.3 Å². The minimum absolute atomic E-state index is 0.0312. The van der Waals surface area contributed by atoms with Gasteiger partial charge in [0.1, 0.15) is 0 Å². The van der Waals surface area contributed by atoms with Gasteiger partial charge in [0.15, 0.2) is 0 Å². The Labute approximate surface area is 159 Å². The largest absolute Gasteiger partial charge is 0.324 e. The molecule has 3 nitrogen and oxygen atoms in total. The maximum absolute atomic E-state index is 12.5. The Bertz CT molecular complexity index is 724. The zero-order chi connectivity index (χ0) is 18.4. The monoisotopic (exact) mass is 378 g/mol. The van der Waals surface area contributed by atoms with Crippen LogP contribution in [0, 0.1) is 0 Å². The van der Waals surface area contributed by atoms with Gasteiger partial charge in [-0.25, -0.2) is 0 Å². The van der Waals surface area contributed by atoms with Gasteiger partial charge in [-0.3, -0.25) is 9.69 Å². The second kappa shape index (κ2) is 9.23. The highest BCUT2D eigenvalue weighted by molar-refractivity contribution is 6.42. The number of benzene rings is 2. The number of carbonyl (C=O) groups excluding carboxylic acids is 1. The number of hydrogen-bond acceptors (Lipinski definition) is 2. The smallest absolute Gasteiger partial charge is 0.238 e. The lowest BCUT2D eigenvalue weighted by atomic mass is 10.0. The van der Waals surface area contributed by atoms with E-state index in [0.717, 1.165) is 35.2 Å². The van der Waals surface area contributed by atoms with Crippen LogP contribution in [-0.4, -0.2) is 24.4 Å². The Balaban J connectivity index is 2.04. The van der Waals surface area contributed by atoms with Crippen molar-refractivity contribution < 1.29 is 4.79 Å². The van der Waals surface area contributed by atoms with Crippen LogP contribution in [0.3, 0.4) is 0 Å². The molecule has 1 amide bonds. The number of nitrogens with zero attached hydrogens (tertiary/aromatic N) is 1. The van der Waals surface area contributed by atoms with Gasteiger partial charge in [-0.05, 0) is 42.6 Å². The molecule has 0 radical (unpaired) electrons. The van der Waals surface area contributed by atoms with Crippen molar-refractivity contribution in [3.63, 3.8) is 0 Å². The van der Waals surface area contributed by atoms with Crippen molar-refractivity contribution >= 4 is 34.8 Å². The van der Waals surface area contributed by atoms with E-state index in [-0.39, 0.29) is 12.5 Å². The van der Waals surface area contributed by atoms with Crippen molar-refractivity contribution in [1.29, 1.82) is 0 Å². The van der Waals surface area contributed by atoms with Crippen LogP contribution in [-0.2, 0) is 24.2 Å². The molecule has 25 heavy (non-hydrogen) atoms. The second-order valence-corrected chi connectivity index (χ2v) is 6.88. The number of para-hydroxylation sites is 1. The predicted octanol–water partition coefficient (Wildman–Crippen LogP) is 5.19. The molecule has 2 rings (SSSR count). The number of nitrogens with one attached hydrogen (secondary N) is 1. The molecule has 0 saturated heterocycles. The summed E-state index contributed by atoms with van der Waals surface area (Å²) in [7, 11) is 1.89. The predicted molar refractivity (Wildman–Crippen MR) is 107 cm³/mol. The summed E-state index contributed by atoms with van der Waals surface area (Å²) in [5.41, 5.74) is 4.18. The lowest BCUT2D eigenvalue weighted by molar-refractivity contribution is -0.117. The Morgan fingerprint density at radius 2 is 1.56 bits per heavy atom. The van der Waals surface area contributed by atoms with Crippen LogP contribution in [0.15, 0.2) is 36.4 Å². The second-order valence-electron chi connectivity index (χ2n) is 6.09. The number of anilines is 1. The molecule has 0 bridgehead atoms. The fourth-order valence-corrected chi connectivity index (χ4v) is 3.22. The summed E-state index contributed by atoms with van der Waals surface area (Å²) in [6.07, 6.45) is 1.77. The van der Waals surface area contributed by atoms with Crippen molar-refractivity contribution in [3.05, 3.63) is 63.1 Å². The third-order valence-electron chi connectivity index (χ3n) is 4.15. The van der Waals surface area contributed by atoms with Gasteiger partial charge in [-0.15, -0.1) is 0 Å². The lowest BCUT2D eigenvalue weighted by Gasteiger charge is -2.19. The molecular formula is C20H24Cl2N2O. The average molecular weight is 379 g/mol. The molecule has 0 aliphatic carbocycles. The number of aryl methyl sites for hydroxylation is 2. The molecule has 0 aliphatic heterocycles. The molecule has 0 saturated carbocycles. The molecular weight excluding hydrogens is 355 g/mol. The van der Waals surface area contributed by atoms with Crippen LogP contribution in [0.4, 0.5) is 5.69 Å². The van der Waals surface area contributed by atoms with E-state index in [0.29, 0.717) is 16.6 Å². The van der Waals surface area contributed by atoms with Crippen LogP contribution < -0.4 is 5.32 Å². The minimum Gasteiger partial charge on any atom is -0.324 e. The molecule has 0 heterocycles. The van der Waals surface area contributed by atoms with Crippen molar-refractivity contribution in [1.82, 2.24) is 4.90 Å². The maximum atomic E-state index is 12.5. The third-order valence-corrected chi connectivity index (χ3v) is 5.01. The average Bonchev–Trinajstić information content (AvgIpc) is 2.59. The molecule has 5 heteroatoms. The molecule has 0 unspecified atom stereocenters. The molecule has 0 aliphatic rings. The van der Waals surface area contributed by atoms with Crippen LogP contribution in [0.5, 0.6) is 0 Å². The van der Waals surface area contributed by atoms with Gasteiger partial charge in [0, 0.05) is 12.2 Å². The first-order valence-electron chi connectivity index (χ1n) is 8.48. The number of likely N-dealkylation sites (N-methyl/N-ethyl adjacent to an activating group) is 1. The number of carbonyl (C=O) groups is 1. The van der Waals surface area contributed by atoms with E-state index in [1.807, 2.05) is 30.1 Å². The third kappa shape index (κ3) is 5.21. The van der Waals surface area contributed by atoms with Crippen LogP contribution in [0.1, 0.15) is 30.5 Å². The van der Waals surface area contributed by atoms with E-state index in [4.69, 9.17) is 23.2 Å². The summed E-state index contributed by atoms with van der Waals surface area (Å²) in [4.78, 5) is 14.4. The lowest BCUT2D eigenvalue weighted by Crippen LogP contribution is -2.30. The van der Waals surface area contributed by atoms with Crippen molar-refractivity contribution in [2.45, 2.75) is 33.2 Å². The fraction of sp³-hybridized carbons (Fsp3) is 0.350. The highest BCUT2D eigenvalue weighted by Crippen LogP contribution is 2.26. The van der Waals surface area contributed by atoms with E-state index in [9.17, 15) is 4.79 Å². The normalized spacial score (nSPS) is 11.0. The molecule has 1 N–H and O–H groups in total. The summed E-state index contributed by atoms with van der Waals surface area (Å²) in [6, 6.07) is 11.7. The van der Waals surface area contributed by atoms with Crippen molar-refractivity contribution in [3.8, 4) is 0 Å². The number of hydrogen-bond donors (Lipinski definition) is 1. The SMILES string of the molecule is CCc1cccc(CC)c1NC(=O)CN(C)Cc1cccc(Cl)c1Cl. The molecule has 0 atom stereocenters. The zero-order valence-electron chi connectivity index (χ0n) is 14.9. The summed E-state index contributed by atoms with van der Waals surface area (Å²) >= 11 is 12.3. The summed E-state index contributed by atoms with van der Waals surface area (Å²) in [6.45, 7) is 5.03. The molecule has 2 aromatic carbocycles. The molecule has 0 aromatic heterocycles. The first-order valence-corrected chi connectivity index (χ1v) is 9.23. The standard InChI is InChI=1S/C20H24Cl2N2O/c1-4-14-8-6-9-15(5-2)20(14)23-18(25)13-24(3)12-16-10-7-11-17(21)19(16)22/h6-11H,4-5,12-13H2,1-3H3,(H,23,25). The highest BCUT2D eigenvalue weighted by atomic mass is 35.5. The van der Waals surface area contributed by atoms with E-state index in [1.54, 1.807) is 6.07 Å². The number of rotatable bonds is 7. The van der Waals surface area contributed by atoms with Gasteiger partial charge >= 0.3 is 0 Å². The van der Waals surface area contributed by atoms with Gasteiger partial charge in [-0.1, -0.05) is 67.4 Å². The van der Waals surface area contributed by atoms with E-state index < -0.39 is 0 Å². The van der Waals surface area contributed by atoms with Gasteiger partial charge in [0.05, 0.1) is 16.6 Å². The maximum Gasteiger partial charge on any atom is 0.238 e. The van der Waals surface area contributed by atoms with Crippen molar-refractivity contribution in [2.24, 2.45) is 0 Å². The van der Waals surface area contributed by atoms with Crippen LogP contribution in [0.25, 0.3) is 0 Å². The first kappa shape index (κ1) is 19.8. The topological polar surface area (TPSA) is 32.3 Å². The van der Waals surface area contributed by atoms with Crippen LogP contribution >= 0.6 is 23.2 Å². The number of amides is 1. The van der Waals surface area contributed by atoms with Gasteiger partial charge < -0.3 is 5.32 Å². The van der Waals surface area contributed by atoms with E-state index in [1.165, 1.54) is 0 Å². The Kier molecular flexibility index (Phi) is 7.30. The Morgan fingerprint density at radius 1 is 1.00 bits per heavy atom. The molecule has 2 aromatic rings. The fourth-order valence-electron chi connectivity index (χ4n) is 2.84. The Hall–Kier alpha value is -1.55. The Morgan fingerprint density at radius 3 is 2.16 bits per heavy atom. The quantitative estimate of drug-likeness (QED) is 0.718. The zero-order valence-corrected chi connectivity index (χ0v) is 16.4. The summed E-state index contributed by atoms with van der Waals surface area (Å²) in [5, 5.41) is 4.16. The number of halogens is 2. The molecule has 134 valence electrons. The van der Waals surface area contributed by atoms with E-state index >= 15 is 0 Å². The first-order chi connectivity index (χ1) is 12.0. The van der Waals surface area contributed by atoms with Crippen LogP contribution in [0.2, 0.25) is 10.0 Å². The minimum atomic E-state index is -0.0312. The van der Waals surface area contributed by atoms with Gasteiger partial charge in [0.25, 0.3) is 0 Å².